The largest absolute Gasteiger partial charge is 0.399 e. The molecule has 2 aliphatic heterocycles. The van der Waals surface area contributed by atoms with E-state index in [9.17, 15) is 19.2 Å². The molecule has 34 heavy (non-hydrogen) atoms. The van der Waals surface area contributed by atoms with Crippen LogP contribution in [0.15, 0.2) is 24.3 Å². The number of carbonyl (C=O) groups is 4. The number of Topliss-reactive ketones (excluding diaryl/α,β-unsaturated/α-hetero) is 1. The summed E-state index contributed by atoms with van der Waals surface area (Å²) < 4.78 is 5.54. The van der Waals surface area contributed by atoms with Crippen molar-refractivity contribution < 1.29 is 23.9 Å². The number of ether oxygens (including phenoxy) is 1. The molecule has 3 fully saturated rings. The van der Waals surface area contributed by atoms with Crippen LogP contribution in [0.1, 0.15) is 56.3 Å². The Hall–Kier alpha value is -2.94. The van der Waals surface area contributed by atoms with Gasteiger partial charge in [0, 0.05) is 24.9 Å². The van der Waals surface area contributed by atoms with Crippen molar-refractivity contribution in [3.8, 4) is 0 Å². The first-order valence-corrected chi connectivity index (χ1v) is 12.0. The third-order valence-corrected chi connectivity index (χ3v) is 7.39. The Morgan fingerprint density at radius 1 is 1.18 bits per heavy atom. The summed E-state index contributed by atoms with van der Waals surface area (Å²) in [5.74, 6) is -0.777. The van der Waals surface area contributed by atoms with Crippen molar-refractivity contribution in [1.82, 2.24) is 15.1 Å². The third kappa shape index (κ3) is 4.29. The molecule has 0 radical (unpaired) electrons. The minimum absolute atomic E-state index is 0.00427. The van der Waals surface area contributed by atoms with Crippen molar-refractivity contribution in [3.05, 3.63) is 29.8 Å². The van der Waals surface area contributed by atoms with Gasteiger partial charge in [-0.15, -0.1) is 0 Å². The molecule has 184 valence electrons. The Labute approximate surface area is 200 Å². The van der Waals surface area contributed by atoms with E-state index in [-0.39, 0.29) is 42.0 Å². The van der Waals surface area contributed by atoms with Crippen LogP contribution in [0.2, 0.25) is 0 Å². The lowest BCUT2D eigenvalue weighted by Gasteiger charge is -2.42. The lowest BCUT2D eigenvalue weighted by Crippen LogP contribution is -2.56. The molecule has 1 saturated carbocycles. The first kappa shape index (κ1) is 24.2. The van der Waals surface area contributed by atoms with Gasteiger partial charge in [0.05, 0.1) is 12.6 Å². The molecule has 9 heteroatoms. The number of nitrogen functional groups attached to an aromatic ring is 1. The fourth-order valence-corrected chi connectivity index (χ4v) is 5.37. The molecule has 0 aromatic heterocycles. The van der Waals surface area contributed by atoms with Crippen LogP contribution in [-0.4, -0.2) is 77.2 Å². The van der Waals surface area contributed by atoms with Crippen molar-refractivity contribution in [2.45, 2.75) is 69.7 Å². The molecule has 3 amide bonds. The molecule has 1 aliphatic carbocycles. The van der Waals surface area contributed by atoms with E-state index in [1.165, 1.54) is 7.11 Å². The Morgan fingerprint density at radius 2 is 1.85 bits per heavy atom. The van der Waals surface area contributed by atoms with Crippen LogP contribution in [0.25, 0.3) is 0 Å². The highest BCUT2D eigenvalue weighted by atomic mass is 16.5. The molecule has 4 rings (SSSR count). The monoisotopic (exact) mass is 470 g/mol. The minimum Gasteiger partial charge on any atom is -0.399 e. The number of amides is 3. The van der Waals surface area contributed by atoms with Crippen LogP contribution >= 0.6 is 0 Å². The summed E-state index contributed by atoms with van der Waals surface area (Å²) in [5.41, 5.74) is 5.83. The standard InChI is InChI=1S/C25H34N4O5/c1-15(2)13-18(27-22(31)16-5-7-17(26)8-6-16)23(32)28-12-9-19-21(28)20(30)14-29(19)24(33)25(34-3)10-4-11-25/h5-8,15,18-19,21H,4,9-14,26H2,1-3H3,(H,27,31). The highest BCUT2D eigenvalue weighted by Gasteiger charge is 2.56. The second-order valence-corrected chi connectivity index (χ2v) is 10.1. The normalized spacial score (nSPS) is 24.1. The molecule has 3 unspecified atom stereocenters. The lowest BCUT2D eigenvalue weighted by molar-refractivity contribution is -0.167. The topological polar surface area (TPSA) is 122 Å². The first-order valence-electron chi connectivity index (χ1n) is 12.0. The highest BCUT2D eigenvalue weighted by Crippen LogP contribution is 2.40. The zero-order valence-corrected chi connectivity index (χ0v) is 20.1. The number of hydrogen-bond acceptors (Lipinski definition) is 6. The second-order valence-electron chi connectivity index (χ2n) is 10.1. The maximum absolute atomic E-state index is 13.6. The van der Waals surface area contributed by atoms with E-state index in [1.54, 1.807) is 34.1 Å². The number of likely N-dealkylation sites (tertiary alicyclic amines) is 2. The summed E-state index contributed by atoms with van der Waals surface area (Å²) in [5, 5.41) is 2.86. The number of nitrogens with two attached hydrogens (primary N) is 1. The van der Waals surface area contributed by atoms with E-state index in [4.69, 9.17) is 10.5 Å². The minimum atomic E-state index is -0.834. The van der Waals surface area contributed by atoms with Gasteiger partial charge in [-0.25, -0.2) is 0 Å². The van der Waals surface area contributed by atoms with Crippen molar-refractivity contribution >= 4 is 29.2 Å². The lowest BCUT2D eigenvalue weighted by atomic mass is 9.78. The maximum atomic E-state index is 13.6. The zero-order chi connectivity index (χ0) is 24.6. The van der Waals surface area contributed by atoms with Crippen molar-refractivity contribution in [2.24, 2.45) is 5.92 Å². The number of methoxy groups -OCH3 is 1. The number of carbonyl (C=O) groups excluding carboxylic acids is 4. The summed E-state index contributed by atoms with van der Waals surface area (Å²) >= 11 is 0. The molecule has 3 aliphatic rings. The van der Waals surface area contributed by atoms with Gasteiger partial charge in [0.2, 0.25) is 5.91 Å². The number of hydrogen-bond donors (Lipinski definition) is 2. The van der Waals surface area contributed by atoms with Crippen molar-refractivity contribution in [2.75, 3.05) is 25.9 Å². The summed E-state index contributed by atoms with van der Waals surface area (Å²) in [6, 6.07) is 4.72. The summed E-state index contributed by atoms with van der Waals surface area (Å²) in [7, 11) is 1.54. The molecule has 1 aromatic carbocycles. The number of nitrogens with one attached hydrogen (secondary N) is 1. The molecule has 2 heterocycles. The van der Waals surface area contributed by atoms with E-state index < -0.39 is 17.7 Å². The van der Waals surface area contributed by atoms with Crippen LogP contribution < -0.4 is 11.1 Å². The number of rotatable bonds is 7. The predicted molar refractivity (Wildman–Crippen MR) is 126 cm³/mol. The molecular formula is C25H34N4O5. The summed E-state index contributed by atoms with van der Waals surface area (Å²) in [6.07, 6.45) is 3.21. The summed E-state index contributed by atoms with van der Waals surface area (Å²) in [6.45, 7) is 4.32. The van der Waals surface area contributed by atoms with Gasteiger partial charge >= 0.3 is 0 Å². The number of anilines is 1. The third-order valence-electron chi connectivity index (χ3n) is 7.39. The Kier molecular flexibility index (Phi) is 6.66. The van der Waals surface area contributed by atoms with Crippen molar-refractivity contribution in [3.63, 3.8) is 0 Å². The number of fused-ring (bicyclic) bond motifs is 1. The Bertz CT molecular complexity index is 967. The van der Waals surface area contributed by atoms with Gasteiger partial charge in [-0.2, -0.15) is 0 Å². The van der Waals surface area contributed by atoms with Crippen LogP contribution in [0.3, 0.4) is 0 Å². The fraction of sp³-hybridized carbons (Fsp3) is 0.600. The van der Waals surface area contributed by atoms with E-state index >= 15 is 0 Å². The molecule has 3 atom stereocenters. The zero-order valence-electron chi connectivity index (χ0n) is 20.1. The van der Waals surface area contributed by atoms with Crippen LogP contribution in [-0.2, 0) is 19.1 Å². The van der Waals surface area contributed by atoms with Gasteiger partial charge in [-0.3, -0.25) is 19.2 Å². The molecule has 9 nitrogen and oxygen atoms in total. The quantitative estimate of drug-likeness (QED) is 0.581. The Morgan fingerprint density at radius 3 is 2.41 bits per heavy atom. The predicted octanol–water partition coefficient (Wildman–Crippen LogP) is 1.36. The molecule has 2 saturated heterocycles. The van der Waals surface area contributed by atoms with Gasteiger partial charge < -0.3 is 25.6 Å². The first-order chi connectivity index (χ1) is 16.2. The van der Waals surface area contributed by atoms with Gasteiger partial charge in [0.25, 0.3) is 11.8 Å². The van der Waals surface area contributed by atoms with E-state index in [1.807, 2.05) is 13.8 Å². The average molecular weight is 471 g/mol. The van der Waals surface area contributed by atoms with E-state index in [0.29, 0.717) is 43.5 Å². The Balaban J connectivity index is 1.50. The van der Waals surface area contributed by atoms with E-state index in [2.05, 4.69) is 5.32 Å². The molecule has 0 bridgehead atoms. The van der Waals surface area contributed by atoms with Crippen molar-refractivity contribution in [1.29, 1.82) is 0 Å². The highest BCUT2D eigenvalue weighted by molar-refractivity contribution is 6.01. The molecule has 0 spiro atoms. The SMILES string of the molecule is COC1(C(=O)N2CC(=O)C3C2CCN3C(=O)C(CC(C)C)NC(=O)c2ccc(N)cc2)CCC1. The van der Waals surface area contributed by atoms with Gasteiger partial charge in [-0.05, 0) is 62.3 Å². The number of ketones is 1. The fourth-order valence-electron chi connectivity index (χ4n) is 5.37. The molecular weight excluding hydrogens is 436 g/mol. The van der Waals surface area contributed by atoms with Gasteiger partial charge in [0.1, 0.15) is 17.7 Å². The molecule has 1 aromatic rings. The van der Waals surface area contributed by atoms with Crippen LogP contribution in [0.4, 0.5) is 5.69 Å². The van der Waals surface area contributed by atoms with Gasteiger partial charge in [0.15, 0.2) is 5.78 Å². The number of benzene rings is 1. The van der Waals surface area contributed by atoms with Crippen LogP contribution in [0, 0.1) is 5.92 Å². The molecule has 3 N–H and O–H groups in total. The van der Waals surface area contributed by atoms with Gasteiger partial charge in [-0.1, -0.05) is 13.8 Å². The second kappa shape index (κ2) is 9.37. The maximum Gasteiger partial charge on any atom is 0.255 e. The number of nitrogens with zero attached hydrogens (tertiary/aromatic N) is 2. The smallest absolute Gasteiger partial charge is 0.255 e. The van der Waals surface area contributed by atoms with Crippen LogP contribution in [0.5, 0.6) is 0 Å². The van der Waals surface area contributed by atoms with E-state index in [0.717, 1.165) is 6.42 Å². The average Bonchev–Trinajstić information content (AvgIpc) is 3.34. The summed E-state index contributed by atoms with van der Waals surface area (Å²) in [4.78, 5) is 55.8.